The Morgan fingerprint density at radius 1 is 0.857 bits per heavy atom. The third-order valence-electron chi connectivity index (χ3n) is 1.41. The highest BCUT2D eigenvalue weighted by Crippen LogP contribution is 2.21. The van der Waals surface area contributed by atoms with E-state index in [9.17, 15) is 14.4 Å². The minimum atomic E-state index is 0.140. The summed E-state index contributed by atoms with van der Waals surface area (Å²) in [6.45, 7) is 0.434. The molecule has 0 saturated heterocycles. The van der Waals surface area contributed by atoms with Crippen LogP contribution in [0.4, 0.5) is 0 Å². The molecule has 0 spiro atoms. The van der Waals surface area contributed by atoms with E-state index in [-0.39, 0.29) is 30.0 Å². The Morgan fingerprint density at radius 2 is 1.36 bits per heavy atom. The lowest BCUT2D eigenvalue weighted by Gasteiger charge is -2.02. The van der Waals surface area contributed by atoms with Crippen molar-refractivity contribution >= 4 is 19.2 Å². The summed E-state index contributed by atoms with van der Waals surface area (Å²) in [5.74, 6) is 0.280. The second-order valence-electron chi connectivity index (χ2n) is 2.28. The first-order valence-electron chi connectivity index (χ1n) is 3.61. The van der Waals surface area contributed by atoms with Crippen molar-refractivity contribution in [2.75, 3.05) is 0 Å². The molecule has 0 amide bonds. The van der Waals surface area contributed by atoms with Gasteiger partial charge in [-0.05, 0) is 12.1 Å². The van der Waals surface area contributed by atoms with E-state index in [2.05, 4.69) is 9.47 Å². The molecule has 14 heavy (non-hydrogen) atoms. The minimum Gasteiger partial charge on any atom is -0.429 e. The van der Waals surface area contributed by atoms with Crippen molar-refractivity contribution in [1.82, 2.24) is 0 Å². The van der Waals surface area contributed by atoms with Crippen LogP contribution in [0.1, 0.15) is 10.4 Å². The molecule has 0 heterocycles. The Balaban J connectivity index is 3.05. The lowest BCUT2D eigenvalue weighted by Crippen LogP contribution is -1.94. The summed E-state index contributed by atoms with van der Waals surface area (Å²) in [4.78, 5) is 30.5. The summed E-state index contributed by atoms with van der Waals surface area (Å²) < 4.78 is 9.00. The highest BCUT2D eigenvalue weighted by molar-refractivity contribution is 5.77. The number of hydrogen-bond acceptors (Lipinski definition) is 5. The maximum Gasteiger partial charge on any atom is 0.298 e. The van der Waals surface area contributed by atoms with Crippen molar-refractivity contribution in [1.29, 1.82) is 0 Å². The van der Waals surface area contributed by atoms with Crippen LogP contribution in [-0.2, 0) is 9.59 Å². The van der Waals surface area contributed by atoms with Crippen LogP contribution in [0.25, 0.3) is 0 Å². The molecule has 0 saturated carbocycles. The molecule has 0 aliphatic rings. The fourth-order valence-corrected chi connectivity index (χ4v) is 0.909. The van der Waals surface area contributed by atoms with Gasteiger partial charge in [0.15, 0.2) is 0 Å². The molecule has 1 aromatic rings. The summed E-state index contributed by atoms with van der Waals surface area (Å²) in [6, 6.07) is 4.01. The average Bonchev–Trinajstić information content (AvgIpc) is 2.18. The van der Waals surface area contributed by atoms with Gasteiger partial charge in [-0.25, -0.2) is 0 Å². The van der Waals surface area contributed by atoms with E-state index in [1.807, 2.05) is 0 Å². The van der Waals surface area contributed by atoms with E-state index in [0.29, 0.717) is 6.29 Å². The predicted octanol–water partition coefficient (Wildman–Crippen LogP) is 0.569. The van der Waals surface area contributed by atoms with Crippen molar-refractivity contribution in [3.05, 3.63) is 23.8 Å². The van der Waals surface area contributed by atoms with Gasteiger partial charge < -0.3 is 9.47 Å². The second-order valence-corrected chi connectivity index (χ2v) is 2.28. The maximum atomic E-state index is 10.4. The summed E-state index contributed by atoms with van der Waals surface area (Å²) in [6.07, 6.45) is 0.551. The van der Waals surface area contributed by atoms with Crippen LogP contribution < -0.4 is 9.47 Å². The largest absolute Gasteiger partial charge is 0.429 e. The zero-order valence-electron chi connectivity index (χ0n) is 7.01. The third-order valence-corrected chi connectivity index (χ3v) is 1.41. The van der Waals surface area contributed by atoms with Crippen LogP contribution in [0.3, 0.4) is 0 Å². The van der Waals surface area contributed by atoms with Gasteiger partial charge >= 0.3 is 0 Å². The summed E-state index contributed by atoms with van der Waals surface area (Å²) in [5.41, 5.74) is 0.251. The molecule has 5 heteroatoms. The number of hydrogen-bond donors (Lipinski definition) is 0. The standard InChI is InChI=1S/C9H6O5/c10-4-7-1-8(13-5-11)3-9(2-7)14-6-12/h1-6H. The maximum absolute atomic E-state index is 10.4. The molecule has 72 valence electrons. The van der Waals surface area contributed by atoms with Crippen molar-refractivity contribution in [2.24, 2.45) is 0 Å². The SMILES string of the molecule is O=COc1cc(C=O)cc(OC=O)c1. The molecule has 0 unspecified atom stereocenters. The van der Waals surface area contributed by atoms with Crippen LogP contribution in [-0.4, -0.2) is 19.2 Å². The molecule has 0 atom stereocenters. The Hall–Kier alpha value is -2.17. The highest BCUT2D eigenvalue weighted by atomic mass is 16.5. The zero-order chi connectivity index (χ0) is 10.4. The third kappa shape index (κ3) is 2.41. The number of carbonyl (C=O) groups is 3. The van der Waals surface area contributed by atoms with Crippen LogP contribution in [0.2, 0.25) is 0 Å². The minimum absolute atomic E-state index is 0.140. The van der Waals surface area contributed by atoms with Gasteiger partial charge in [0.25, 0.3) is 12.9 Å². The van der Waals surface area contributed by atoms with E-state index in [1.165, 1.54) is 18.2 Å². The predicted molar refractivity (Wildman–Crippen MR) is 45.2 cm³/mol. The van der Waals surface area contributed by atoms with E-state index in [4.69, 9.17) is 0 Å². The van der Waals surface area contributed by atoms with Gasteiger partial charge in [-0.2, -0.15) is 0 Å². The molecule has 5 nitrogen and oxygen atoms in total. The van der Waals surface area contributed by atoms with Gasteiger partial charge in [-0.3, -0.25) is 14.4 Å². The van der Waals surface area contributed by atoms with E-state index in [1.54, 1.807) is 0 Å². The molecule has 0 aliphatic carbocycles. The van der Waals surface area contributed by atoms with E-state index < -0.39 is 0 Å². The summed E-state index contributed by atoms with van der Waals surface area (Å²) in [5, 5.41) is 0. The highest BCUT2D eigenvalue weighted by Gasteiger charge is 2.02. The van der Waals surface area contributed by atoms with Crippen LogP contribution >= 0.6 is 0 Å². The molecule has 0 radical (unpaired) electrons. The van der Waals surface area contributed by atoms with Crippen LogP contribution in [0.15, 0.2) is 18.2 Å². The quantitative estimate of drug-likeness (QED) is 0.641. The summed E-state index contributed by atoms with van der Waals surface area (Å²) in [7, 11) is 0. The van der Waals surface area contributed by atoms with Gasteiger partial charge in [-0.1, -0.05) is 0 Å². The molecule has 0 fully saturated rings. The Morgan fingerprint density at radius 3 is 1.71 bits per heavy atom. The van der Waals surface area contributed by atoms with Crippen molar-refractivity contribution in [3.8, 4) is 11.5 Å². The Labute approximate surface area is 79.2 Å². The normalized spacial score (nSPS) is 8.86. The number of benzene rings is 1. The fraction of sp³-hybridized carbons (Fsp3) is 0. The molecule has 1 aromatic carbocycles. The lowest BCUT2D eigenvalue weighted by atomic mass is 10.2. The lowest BCUT2D eigenvalue weighted by molar-refractivity contribution is -0.121. The van der Waals surface area contributed by atoms with Crippen LogP contribution in [0, 0.1) is 0 Å². The molecule has 0 aromatic heterocycles. The molecular formula is C9H6O5. The molecule has 0 N–H and O–H groups in total. The number of ether oxygens (including phenoxy) is 2. The molecule has 1 rings (SSSR count). The van der Waals surface area contributed by atoms with Gasteiger partial charge in [0.2, 0.25) is 0 Å². The first-order chi connectivity index (χ1) is 6.80. The van der Waals surface area contributed by atoms with Gasteiger partial charge in [-0.15, -0.1) is 0 Å². The van der Waals surface area contributed by atoms with Crippen molar-refractivity contribution in [3.63, 3.8) is 0 Å². The van der Waals surface area contributed by atoms with E-state index >= 15 is 0 Å². The Kier molecular flexibility index (Phi) is 3.37. The Bertz CT molecular complexity index is 330. The number of carbonyl (C=O) groups excluding carboxylic acids is 3. The summed E-state index contributed by atoms with van der Waals surface area (Å²) >= 11 is 0. The monoisotopic (exact) mass is 194 g/mol. The van der Waals surface area contributed by atoms with Crippen molar-refractivity contribution < 1.29 is 23.9 Å². The molecule has 0 aliphatic heterocycles. The molecular weight excluding hydrogens is 188 g/mol. The number of aldehydes is 1. The van der Waals surface area contributed by atoms with Gasteiger partial charge in [0.05, 0.1) is 0 Å². The van der Waals surface area contributed by atoms with Crippen molar-refractivity contribution in [2.45, 2.75) is 0 Å². The van der Waals surface area contributed by atoms with Gasteiger partial charge in [0, 0.05) is 11.6 Å². The molecule has 0 bridgehead atoms. The topological polar surface area (TPSA) is 69.7 Å². The first-order valence-corrected chi connectivity index (χ1v) is 3.61. The van der Waals surface area contributed by atoms with Gasteiger partial charge in [0.1, 0.15) is 17.8 Å². The average molecular weight is 194 g/mol. The van der Waals surface area contributed by atoms with Crippen LogP contribution in [0.5, 0.6) is 11.5 Å². The first kappa shape index (κ1) is 9.91. The zero-order valence-corrected chi connectivity index (χ0v) is 7.01. The fourth-order valence-electron chi connectivity index (χ4n) is 0.909. The smallest absolute Gasteiger partial charge is 0.298 e. The second kappa shape index (κ2) is 4.76. The van der Waals surface area contributed by atoms with E-state index in [0.717, 1.165) is 0 Å². The number of rotatable bonds is 5.